The molecule has 0 radical (unpaired) electrons. The molecule has 4 aromatic rings. The Morgan fingerprint density at radius 3 is 2.11 bits per heavy atom. The summed E-state index contributed by atoms with van der Waals surface area (Å²) < 4.78 is 55.1. The van der Waals surface area contributed by atoms with Crippen LogP contribution in [0.15, 0.2) is 60.7 Å². The zero-order chi connectivity index (χ0) is 19.7. The molecule has 0 atom stereocenters. The summed E-state index contributed by atoms with van der Waals surface area (Å²) in [6.45, 7) is 0.482. The number of aromatic nitrogens is 2. The molecule has 0 unspecified atom stereocenters. The van der Waals surface area contributed by atoms with Gasteiger partial charge < -0.3 is 9.88 Å². The first-order valence-electron chi connectivity index (χ1n) is 8.58. The third-order valence-electron chi connectivity index (χ3n) is 4.41. The van der Waals surface area contributed by atoms with Crippen LogP contribution in [-0.2, 0) is 13.1 Å². The molecule has 0 bridgehead atoms. The molecule has 0 aliphatic carbocycles. The Morgan fingerprint density at radius 1 is 0.750 bits per heavy atom. The molecular formula is C21H15F4N3. The summed E-state index contributed by atoms with van der Waals surface area (Å²) in [6.07, 6.45) is 0. The van der Waals surface area contributed by atoms with Gasteiger partial charge in [-0.05, 0) is 47.5 Å². The lowest BCUT2D eigenvalue weighted by atomic mass is 10.2. The highest BCUT2D eigenvalue weighted by atomic mass is 19.2. The molecule has 1 N–H and O–H groups in total. The van der Waals surface area contributed by atoms with Gasteiger partial charge in [-0.2, -0.15) is 0 Å². The number of rotatable bonds is 5. The number of hydrogen-bond donors (Lipinski definition) is 1. The fourth-order valence-corrected chi connectivity index (χ4v) is 3.02. The van der Waals surface area contributed by atoms with Crippen LogP contribution in [0.25, 0.3) is 11.0 Å². The van der Waals surface area contributed by atoms with Crippen LogP contribution in [0.1, 0.15) is 11.1 Å². The van der Waals surface area contributed by atoms with Crippen molar-refractivity contribution >= 4 is 17.0 Å². The Labute approximate surface area is 158 Å². The number of imidazole rings is 1. The molecule has 0 saturated heterocycles. The van der Waals surface area contributed by atoms with Crippen LogP contribution < -0.4 is 5.32 Å². The summed E-state index contributed by atoms with van der Waals surface area (Å²) >= 11 is 0. The van der Waals surface area contributed by atoms with E-state index in [1.807, 2.05) is 28.8 Å². The van der Waals surface area contributed by atoms with Crippen molar-refractivity contribution in [2.45, 2.75) is 13.1 Å². The molecule has 0 aliphatic heterocycles. The third kappa shape index (κ3) is 3.55. The molecule has 0 aliphatic rings. The maximum Gasteiger partial charge on any atom is 0.204 e. The SMILES string of the molecule is Fc1ccc(CNc2nc3ccccc3n2Cc2ccc(F)c(F)c2)cc1F. The summed E-state index contributed by atoms with van der Waals surface area (Å²) in [5, 5.41) is 3.11. The molecule has 0 spiro atoms. The van der Waals surface area contributed by atoms with E-state index in [9.17, 15) is 17.6 Å². The fraction of sp³-hybridized carbons (Fsp3) is 0.0952. The molecule has 7 heteroatoms. The lowest BCUT2D eigenvalue weighted by Crippen LogP contribution is -2.09. The van der Waals surface area contributed by atoms with E-state index in [0.29, 0.717) is 17.1 Å². The number of benzene rings is 3. The monoisotopic (exact) mass is 385 g/mol. The van der Waals surface area contributed by atoms with Gasteiger partial charge in [-0.15, -0.1) is 0 Å². The number of nitrogens with one attached hydrogen (secondary N) is 1. The second-order valence-corrected chi connectivity index (χ2v) is 6.36. The highest BCUT2D eigenvalue weighted by molar-refractivity contribution is 5.78. The average Bonchev–Trinajstić information content (AvgIpc) is 3.03. The highest BCUT2D eigenvalue weighted by Crippen LogP contribution is 2.22. The molecule has 3 nitrogen and oxygen atoms in total. The van der Waals surface area contributed by atoms with E-state index >= 15 is 0 Å². The van der Waals surface area contributed by atoms with Crippen LogP contribution >= 0.6 is 0 Å². The molecule has 0 amide bonds. The van der Waals surface area contributed by atoms with Gasteiger partial charge in [0, 0.05) is 6.54 Å². The van der Waals surface area contributed by atoms with E-state index in [2.05, 4.69) is 10.3 Å². The lowest BCUT2D eigenvalue weighted by molar-refractivity contribution is 0.506. The van der Waals surface area contributed by atoms with Crippen LogP contribution in [0.3, 0.4) is 0 Å². The zero-order valence-corrected chi connectivity index (χ0v) is 14.6. The van der Waals surface area contributed by atoms with E-state index in [4.69, 9.17) is 0 Å². The number of para-hydroxylation sites is 2. The normalized spacial score (nSPS) is 11.1. The van der Waals surface area contributed by atoms with Crippen LogP contribution in [-0.4, -0.2) is 9.55 Å². The number of halogens is 4. The van der Waals surface area contributed by atoms with Crippen molar-refractivity contribution in [2.24, 2.45) is 0 Å². The smallest absolute Gasteiger partial charge is 0.204 e. The van der Waals surface area contributed by atoms with Gasteiger partial charge in [-0.25, -0.2) is 22.5 Å². The second kappa shape index (κ2) is 7.34. The Hall–Kier alpha value is -3.35. The second-order valence-electron chi connectivity index (χ2n) is 6.36. The minimum Gasteiger partial charge on any atom is -0.352 e. The van der Waals surface area contributed by atoms with Gasteiger partial charge in [-0.1, -0.05) is 24.3 Å². The number of hydrogen-bond acceptors (Lipinski definition) is 2. The predicted molar refractivity (Wildman–Crippen MR) is 98.9 cm³/mol. The van der Waals surface area contributed by atoms with Gasteiger partial charge in [0.25, 0.3) is 0 Å². The molecule has 4 rings (SSSR count). The minimum absolute atomic E-state index is 0.221. The van der Waals surface area contributed by atoms with E-state index in [1.54, 1.807) is 0 Å². The first-order valence-corrected chi connectivity index (χ1v) is 8.58. The topological polar surface area (TPSA) is 29.9 Å². The molecule has 1 aromatic heterocycles. The first-order chi connectivity index (χ1) is 13.5. The molecule has 0 fully saturated rings. The molecule has 3 aromatic carbocycles. The molecular weight excluding hydrogens is 370 g/mol. The van der Waals surface area contributed by atoms with Crippen molar-refractivity contribution in [3.63, 3.8) is 0 Å². The summed E-state index contributed by atoms with van der Waals surface area (Å²) in [6, 6.07) is 14.8. The maximum absolute atomic E-state index is 13.6. The maximum atomic E-state index is 13.6. The third-order valence-corrected chi connectivity index (χ3v) is 4.41. The first kappa shape index (κ1) is 18.0. The van der Waals surface area contributed by atoms with Crippen molar-refractivity contribution in [2.75, 3.05) is 5.32 Å². The summed E-state index contributed by atoms with van der Waals surface area (Å²) in [5.41, 5.74) is 2.64. The van der Waals surface area contributed by atoms with Crippen molar-refractivity contribution in [1.29, 1.82) is 0 Å². The number of nitrogens with zero attached hydrogens (tertiary/aromatic N) is 2. The largest absolute Gasteiger partial charge is 0.352 e. The Kier molecular flexibility index (Phi) is 4.73. The predicted octanol–water partition coefficient (Wildman–Crippen LogP) is 5.25. The molecule has 1 heterocycles. The zero-order valence-electron chi connectivity index (χ0n) is 14.6. The molecule has 142 valence electrons. The van der Waals surface area contributed by atoms with Gasteiger partial charge in [0.15, 0.2) is 23.3 Å². The van der Waals surface area contributed by atoms with Crippen LogP contribution in [0.5, 0.6) is 0 Å². The van der Waals surface area contributed by atoms with E-state index < -0.39 is 23.3 Å². The Bertz CT molecular complexity index is 1150. The minimum atomic E-state index is -0.922. The fourth-order valence-electron chi connectivity index (χ4n) is 3.02. The summed E-state index contributed by atoms with van der Waals surface area (Å²) in [5.74, 6) is -3.17. The van der Waals surface area contributed by atoms with Gasteiger partial charge >= 0.3 is 0 Å². The van der Waals surface area contributed by atoms with E-state index in [0.717, 1.165) is 35.3 Å². The van der Waals surface area contributed by atoms with Crippen LogP contribution in [0, 0.1) is 23.3 Å². The van der Waals surface area contributed by atoms with E-state index in [-0.39, 0.29) is 13.1 Å². The number of fused-ring (bicyclic) bond motifs is 1. The van der Waals surface area contributed by atoms with Gasteiger partial charge in [0.05, 0.1) is 17.6 Å². The van der Waals surface area contributed by atoms with Crippen molar-refractivity contribution in [1.82, 2.24) is 9.55 Å². The molecule has 28 heavy (non-hydrogen) atoms. The van der Waals surface area contributed by atoms with Crippen molar-refractivity contribution < 1.29 is 17.6 Å². The highest BCUT2D eigenvalue weighted by Gasteiger charge is 2.12. The Balaban J connectivity index is 1.66. The Morgan fingerprint density at radius 2 is 1.39 bits per heavy atom. The number of anilines is 1. The summed E-state index contributed by atoms with van der Waals surface area (Å²) in [7, 11) is 0. The van der Waals surface area contributed by atoms with Crippen LogP contribution in [0.2, 0.25) is 0 Å². The van der Waals surface area contributed by atoms with Gasteiger partial charge in [0.1, 0.15) is 0 Å². The lowest BCUT2D eigenvalue weighted by Gasteiger charge is -2.12. The quantitative estimate of drug-likeness (QED) is 0.476. The van der Waals surface area contributed by atoms with Crippen molar-refractivity contribution in [3.05, 3.63) is 95.1 Å². The van der Waals surface area contributed by atoms with Crippen LogP contribution in [0.4, 0.5) is 23.5 Å². The van der Waals surface area contributed by atoms with Gasteiger partial charge in [0.2, 0.25) is 5.95 Å². The van der Waals surface area contributed by atoms with Gasteiger partial charge in [-0.3, -0.25) is 0 Å². The van der Waals surface area contributed by atoms with E-state index in [1.165, 1.54) is 12.1 Å². The summed E-state index contributed by atoms with van der Waals surface area (Å²) in [4.78, 5) is 4.52. The van der Waals surface area contributed by atoms with Crippen molar-refractivity contribution in [3.8, 4) is 0 Å². The standard InChI is InChI=1S/C21H15F4N3/c22-15-7-5-13(9-17(15)24)11-26-21-27-19-3-1-2-4-20(19)28(21)12-14-6-8-16(23)18(25)10-14/h1-10H,11-12H2,(H,26,27). The molecule has 0 saturated carbocycles. The average molecular weight is 385 g/mol.